The molecule has 5 heteroatoms. The highest BCUT2D eigenvalue weighted by molar-refractivity contribution is 5.74. The standard InChI is InChI=1S/C21H25N3O2/c1-13(25)23-11-16-9-19-20(18(16)12-23)21(22-24(19)10-14-6-7-14)15-4-3-5-17(8-15)26-2/h3-5,8,14,16,18H,6-7,9-12H2,1-2H3/t16-,18+/m0/s1. The second-order valence-electron chi connectivity index (χ2n) is 8.06. The summed E-state index contributed by atoms with van der Waals surface area (Å²) in [4.78, 5) is 13.9. The molecule has 2 aliphatic carbocycles. The molecule has 2 fully saturated rings. The normalized spacial score (nSPS) is 23.8. The molecule has 1 aromatic heterocycles. The molecule has 0 radical (unpaired) electrons. The van der Waals surface area contributed by atoms with Gasteiger partial charge in [-0.15, -0.1) is 0 Å². The van der Waals surface area contributed by atoms with E-state index in [4.69, 9.17) is 9.84 Å². The molecular formula is C21H25N3O2. The van der Waals surface area contributed by atoms with Gasteiger partial charge >= 0.3 is 0 Å². The molecular weight excluding hydrogens is 326 g/mol. The Bertz CT molecular complexity index is 868. The number of carbonyl (C=O) groups excluding carboxylic acids is 1. The smallest absolute Gasteiger partial charge is 0.219 e. The highest BCUT2D eigenvalue weighted by atomic mass is 16.5. The number of nitrogens with zero attached hydrogens (tertiary/aromatic N) is 3. The van der Waals surface area contributed by atoms with Crippen LogP contribution in [0, 0.1) is 11.8 Å². The van der Waals surface area contributed by atoms with Crippen LogP contribution in [0.3, 0.4) is 0 Å². The van der Waals surface area contributed by atoms with Gasteiger partial charge in [-0.3, -0.25) is 9.48 Å². The molecule has 0 N–H and O–H groups in total. The minimum Gasteiger partial charge on any atom is -0.497 e. The molecule has 26 heavy (non-hydrogen) atoms. The van der Waals surface area contributed by atoms with E-state index in [0.717, 1.165) is 49.0 Å². The van der Waals surface area contributed by atoms with Crippen molar-refractivity contribution in [3.05, 3.63) is 35.5 Å². The zero-order valence-electron chi connectivity index (χ0n) is 15.4. The van der Waals surface area contributed by atoms with Crippen LogP contribution in [0.5, 0.6) is 5.75 Å². The van der Waals surface area contributed by atoms with E-state index in [2.05, 4.69) is 16.8 Å². The predicted molar refractivity (Wildman–Crippen MR) is 99.1 cm³/mol. The fraction of sp³-hybridized carbons (Fsp3) is 0.524. The van der Waals surface area contributed by atoms with Crippen LogP contribution in [0.15, 0.2) is 24.3 Å². The number of benzene rings is 1. The van der Waals surface area contributed by atoms with Gasteiger partial charge in [0.25, 0.3) is 0 Å². The van der Waals surface area contributed by atoms with Crippen LogP contribution in [-0.4, -0.2) is 40.8 Å². The van der Waals surface area contributed by atoms with Gasteiger partial charge < -0.3 is 9.64 Å². The van der Waals surface area contributed by atoms with Gasteiger partial charge in [-0.25, -0.2) is 0 Å². The topological polar surface area (TPSA) is 47.4 Å². The monoisotopic (exact) mass is 351 g/mol. The lowest BCUT2D eigenvalue weighted by molar-refractivity contribution is -0.127. The van der Waals surface area contributed by atoms with E-state index < -0.39 is 0 Å². The molecule has 0 bridgehead atoms. The minimum atomic E-state index is 0.189. The van der Waals surface area contributed by atoms with Crippen molar-refractivity contribution in [3.8, 4) is 17.0 Å². The highest BCUT2D eigenvalue weighted by Crippen LogP contribution is 2.48. The van der Waals surface area contributed by atoms with E-state index in [1.54, 1.807) is 14.0 Å². The largest absolute Gasteiger partial charge is 0.497 e. The van der Waals surface area contributed by atoms with Crippen molar-refractivity contribution < 1.29 is 9.53 Å². The highest BCUT2D eigenvalue weighted by Gasteiger charge is 2.45. The average Bonchev–Trinajstić information content (AvgIpc) is 3.10. The van der Waals surface area contributed by atoms with Crippen LogP contribution < -0.4 is 4.74 Å². The van der Waals surface area contributed by atoms with Crippen molar-refractivity contribution in [3.63, 3.8) is 0 Å². The maximum Gasteiger partial charge on any atom is 0.219 e. The average molecular weight is 351 g/mol. The van der Waals surface area contributed by atoms with E-state index in [1.165, 1.54) is 24.1 Å². The summed E-state index contributed by atoms with van der Waals surface area (Å²) in [6.07, 6.45) is 3.70. The molecule has 1 amide bonds. The number of methoxy groups -OCH3 is 1. The Morgan fingerprint density at radius 2 is 2.15 bits per heavy atom. The number of hydrogen-bond acceptors (Lipinski definition) is 3. The van der Waals surface area contributed by atoms with Crippen LogP contribution in [0.4, 0.5) is 0 Å². The van der Waals surface area contributed by atoms with Gasteiger partial charge in [-0.05, 0) is 43.2 Å². The van der Waals surface area contributed by atoms with Gasteiger partial charge in [-0.1, -0.05) is 12.1 Å². The van der Waals surface area contributed by atoms with Gasteiger partial charge in [0.2, 0.25) is 5.91 Å². The minimum absolute atomic E-state index is 0.189. The zero-order chi connectivity index (χ0) is 17.8. The summed E-state index contributed by atoms with van der Waals surface area (Å²) in [5, 5.41) is 5.05. The Labute approximate surface area is 153 Å². The van der Waals surface area contributed by atoms with Crippen molar-refractivity contribution in [1.82, 2.24) is 14.7 Å². The van der Waals surface area contributed by atoms with Gasteiger partial charge in [-0.2, -0.15) is 5.10 Å². The lowest BCUT2D eigenvalue weighted by Gasteiger charge is -2.15. The number of likely N-dealkylation sites (tertiary alicyclic amines) is 1. The molecule has 1 saturated carbocycles. The summed E-state index contributed by atoms with van der Waals surface area (Å²) in [5.74, 6) is 2.81. The van der Waals surface area contributed by atoms with Gasteiger partial charge in [0.1, 0.15) is 5.75 Å². The van der Waals surface area contributed by atoms with E-state index in [1.807, 2.05) is 17.0 Å². The lowest BCUT2D eigenvalue weighted by Crippen LogP contribution is -2.27. The molecule has 1 aliphatic heterocycles. The summed E-state index contributed by atoms with van der Waals surface area (Å²) in [5.41, 5.74) is 5.01. The summed E-state index contributed by atoms with van der Waals surface area (Å²) < 4.78 is 7.70. The zero-order valence-corrected chi connectivity index (χ0v) is 15.4. The molecule has 5 rings (SSSR count). The molecule has 136 valence electrons. The first kappa shape index (κ1) is 15.9. The van der Waals surface area contributed by atoms with Crippen molar-refractivity contribution in [2.24, 2.45) is 11.8 Å². The number of aromatic nitrogens is 2. The first-order valence-corrected chi connectivity index (χ1v) is 9.63. The third kappa shape index (κ3) is 2.52. The number of rotatable bonds is 4. The molecule has 2 heterocycles. The fourth-order valence-corrected chi connectivity index (χ4v) is 4.71. The number of carbonyl (C=O) groups is 1. The second kappa shape index (κ2) is 5.86. The maximum atomic E-state index is 11.9. The summed E-state index contributed by atoms with van der Waals surface area (Å²) in [6, 6.07) is 8.21. The summed E-state index contributed by atoms with van der Waals surface area (Å²) >= 11 is 0. The van der Waals surface area contributed by atoms with Crippen molar-refractivity contribution in [2.75, 3.05) is 20.2 Å². The summed E-state index contributed by atoms with van der Waals surface area (Å²) in [6.45, 7) is 4.44. The number of amides is 1. The van der Waals surface area contributed by atoms with E-state index in [-0.39, 0.29) is 5.91 Å². The maximum absolute atomic E-state index is 11.9. The van der Waals surface area contributed by atoms with E-state index in [9.17, 15) is 4.79 Å². The first-order chi connectivity index (χ1) is 12.6. The van der Waals surface area contributed by atoms with Crippen LogP contribution in [0.1, 0.15) is 36.9 Å². The second-order valence-corrected chi connectivity index (χ2v) is 8.06. The molecule has 1 saturated heterocycles. The lowest BCUT2D eigenvalue weighted by atomic mass is 9.94. The van der Waals surface area contributed by atoms with E-state index >= 15 is 0 Å². The van der Waals surface area contributed by atoms with Gasteiger partial charge in [0, 0.05) is 49.3 Å². The Kier molecular flexibility index (Phi) is 3.59. The van der Waals surface area contributed by atoms with Crippen LogP contribution in [-0.2, 0) is 17.8 Å². The molecule has 0 unspecified atom stereocenters. The number of ether oxygens (including phenoxy) is 1. The third-order valence-corrected chi connectivity index (χ3v) is 6.28. The van der Waals surface area contributed by atoms with Crippen molar-refractivity contribution in [1.29, 1.82) is 0 Å². The van der Waals surface area contributed by atoms with E-state index in [0.29, 0.717) is 11.8 Å². The van der Waals surface area contributed by atoms with Crippen molar-refractivity contribution in [2.45, 2.75) is 38.6 Å². The molecule has 0 spiro atoms. The van der Waals surface area contributed by atoms with Crippen LogP contribution >= 0.6 is 0 Å². The number of fused-ring (bicyclic) bond motifs is 3. The Morgan fingerprint density at radius 3 is 2.88 bits per heavy atom. The molecule has 2 atom stereocenters. The fourth-order valence-electron chi connectivity index (χ4n) is 4.71. The summed E-state index contributed by atoms with van der Waals surface area (Å²) in [7, 11) is 1.70. The van der Waals surface area contributed by atoms with Gasteiger partial charge in [0.15, 0.2) is 0 Å². The third-order valence-electron chi connectivity index (χ3n) is 6.28. The molecule has 1 aromatic carbocycles. The van der Waals surface area contributed by atoms with Crippen molar-refractivity contribution >= 4 is 5.91 Å². The Balaban J connectivity index is 1.58. The SMILES string of the molecule is COc1cccc(-c2nn(CC3CC3)c3c2[C@@H]2CN(C(C)=O)C[C@@H]2C3)c1. The molecule has 3 aliphatic rings. The van der Waals surface area contributed by atoms with Crippen LogP contribution in [0.25, 0.3) is 11.3 Å². The van der Waals surface area contributed by atoms with Gasteiger partial charge in [0.05, 0.1) is 12.8 Å². The van der Waals surface area contributed by atoms with Crippen LogP contribution in [0.2, 0.25) is 0 Å². The predicted octanol–water partition coefficient (Wildman–Crippen LogP) is 3.09. The quantitative estimate of drug-likeness (QED) is 0.850. The Morgan fingerprint density at radius 1 is 1.31 bits per heavy atom. The Hall–Kier alpha value is -2.30. The molecule has 5 nitrogen and oxygen atoms in total. The molecule has 2 aromatic rings. The number of hydrogen-bond donors (Lipinski definition) is 0. The first-order valence-electron chi connectivity index (χ1n) is 9.63.